The Bertz CT molecular complexity index is 563. The van der Waals surface area contributed by atoms with Gasteiger partial charge in [-0.2, -0.15) is 16.2 Å². The summed E-state index contributed by atoms with van der Waals surface area (Å²) in [6.07, 6.45) is 5.97. The molecule has 1 saturated carbocycles. The number of hydrogen-bond acceptors (Lipinski definition) is 3. The van der Waals surface area contributed by atoms with Gasteiger partial charge in [-0.3, -0.25) is 14.3 Å². The Balaban J connectivity index is 2.44. The normalized spacial score (nSPS) is 18.2. The van der Waals surface area contributed by atoms with Crippen LogP contribution in [0.4, 0.5) is 4.39 Å². The van der Waals surface area contributed by atoms with E-state index in [9.17, 15) is 14.0 Å². The van der Waals surface area contributed by atoms with Crippen molar-refractivity contribution in [2.24, 2.45) is 0 Å². The van der Waals surface area contributed by atoms with Crippen molar-refractivity contribution in [3.8, 4) is 0 Å². The highest BCUT2D eigenvalue weighted by Crippen LogP contribution is 2.41. The Kier molecular flexibility index (Phi) is 3.87. The molecule has 2 rings (SSSR count). The number of aromatic nitrogens is 2. The standard InChI is InChI=1S/C11H14ClFN2O2S/c1-18-11(4-2-3-5-11)6-15-9(16)7(13)8(12)14-10(15)17/h2-6H2,1H3,(H,14,17). The Morgan fingerprint density at radius 1 is 1.44 bits per heavy atom. The van der Waals surface area contributed by atoms with Crippen molar-refractivity contribution in [2.45, 2.75) is 37.0 Å². The lowest BCUT2D eigenvalue weighted by Gasteiger charge is -2.26. The van der Waals surface area contributed by atoms with Crippen molar-refractivity contribution >= 4 is 23.4 Å². The molecule has 0 aromatic carbocycles. The van der Waals surface area contributed by atoms with Crippen molar-refractivity contribution in [3.63, 3.8) is 0 Å². The number of nitrogens with zero attached hydrogens (tertiary/aromatic N) is 1. The molecule has 0 amide bonds. The quantitative estimate of drug-likeness (QED) is 0.867. The summed E-state index contributed by atoms with van der Waals surface area (Å²) < 4.78 is 14.2. The van der Waals surface area contributed by atoms with Crippen LogP contribution in [0.25, 0.3) is 0 Å². The predicted molar refractivity (Wildman–Crippen MR) is 71.0 cm³/mol. The molecule has 0 atom stereocenters. The Labute approximate surface area is 113 Å². The largest absolute Gasteiger partial charge is 0.329 e. The van der Waals surface area contributed by atoms with E-state index < -0.39 is 22.2 Å². The Hall–Kier alpha value is -0.750. The van der Waals surface area contributed by atoms with Gasteiger partial charge in [0, 0.05) is 11.3 Å². The molecule has 1 heterocycles. The molecule has 0 spiro atoms. The zero-order chi connectivity index (χ0) is 13.3. The third-order valence-corrected chi connectivity index (χ3v) is 5.15. The Morgan fingerprint density at radius 3 is 2.61 bits per heavy atom. The number of H-pyrrole nitrogens is 1. The van der Waals surface area contributed by atoms with Gasteiger partial charge in [0.1, 0.15) is 0 Å². The fourth-order valence-corrected chi connectivity index (χ4v) is 3.52. The van der Waals surface area contributed by atoms with Gasteiger partial charge in [-0.1, -0.05) is 24.4 Å². The summed E-state index contributed by atoms with van der Waals surface area (Å²) in [4.78, 5) is 25.6. The summed E-state index contributed by atoms with van der Waals surface area (Å²) in [7, 11) is 0. The van der Waals surface area contributed by atoms with Crippen LogP contribution in [0.5, 0.6) is 0 Å². The lowest BCUT2D eigenvalue weighted by Crippen LogP contribution is -2.43. The second-order valence-corrected chi connectivity index (χ2v) is 6.20. The molecule has 0 saturated heterocycles. The first kappa shape index (κ1) is 13.7. The fraction of sp³-hybridized carbons (Fsp3) is 0.636. The summed E-state index contributed by atoms with van der Waals surface area (Å²) in [5.74, 6) is -1.09. The maximum atomic E-state index is 13.4. The molecule has 0 aliphatic heterocycles. The van der Waals surface area contributed by atoms with Crippen molar-refractivity contribution in [2.75, 3.05) is 6.26 Å². The molecule has 1 N–H and O–H groups in total. The molecule has 0 unspecified atom stereocenters. The minimum absolute atomic E-state index is 0.142. The van der Waals surface area contributed by atoms with E-state index in [0.29, 0.717) is 0 Å². The molecule has 0 radical (unpaired) electrons. The maximum absolute atomic E-state index is 13.4. The van der Waals surface area contributed by atoms with Gasteiger partial charge in [0.05, 0.1) is 0 Å². The van der Waals surface area contributed by atoms with Crippen LogP contribution in [0, 0.1) is 5.82 Å². The highest BCUT2D eigenvalue weighted by Gasteiger charge is 2.34. The van der Waals surface area contributed by atoms with Gasteiger partial charge in [0.25, 0.3) is 5.56 Å². The molecule has 7 heteroatoms. The number of thioether (sulfide) groups is 1. The lowest BCUT2D eigenvalue weighted by atomic mass is 10.1. The number of hydrogen-bond donors (Lipinski definition) is 1. The molecule has 100 valence electrons. The van der Waals surface area contributed by atoms with Gasteiger partial charge >= 0.3 is 5.69 Å². The molecule has 0 bridgehead atoms. The summed E-state index contributed by atoms with van der Waals surface area (Å²) in [6, 6.07) is 0. The van der Waals surface area contributed by atoms with Crippen LogP contribution in [0.1, 0.15) is 25.7 Å². The van der Waals surface area contributed by atoms with Gasteiger partial charge < -0.3 is 0 Å². The van der Waals surface area contributed by atoms with Crippen LogP contribution in [0.15, 0.2) is 9.59 Å². The first-order valence-corrected chi connectivity index (χ1v) is 7.33. The van der Waals surface area contributed by atoms with Crippen molar-refractivity contribution in [1.82, 2.24) is 9.55 Å². The summed E-state index contributed by atoms with van der Waals surface area (Å²) in [6.45, 7) is 0.233. The number of halogens is 2. The third-order valence-electron chi connectivity index (χ3n) is 3.48. The monoisotopic (exact) mass is 292 g/mol. The number of rotatable bonds is 3. The van der Waals surface area contributed by atoms with Gasteiger partial charge in [0.15, 0.2) is 5.15 Å². The van der Waals surface area contributed by atoms with Crippen LogP contribution < -0.4 is 11.2 Å². The first-order chi connectivity index (χ1) is 8.49. The highest BCUT2D eigenvalue weighted by molar-refractivity contribution is 8.00. The zero-order valence-electron chi connectivity index (χ0n) is 9.96. The minimum Gasteiger partial charge on any atom is -0.295 e. The van der Waals surface area contributed by atoms with E-state index in [1.165, 1.54) is 0 Å². The summed E-state index contributed by atoms with van der Waals surface area (Å²) in [5, 5.41) is -0.522. The minimum atomic E-state index is -1.09. The van der Waals surface area contributed by atoms with Gasteiger partial charge in [-0.25, -0.2) is 4.79 Å². The fourth-order valence-electron chi connectivity index (χ4n) is 2.40. The second-order valence-electron chi connectivity index (χ2n) is 4.54. The van der Waals surface area contributed by atoms with Crippen molar-refractivity contribution in [3.05, 3.63) is 31.8 Å². The average molecular weight is 293 g/mol. The summed E-state index contributed by atoms with van der Waals surface area (Å²) in [5.41, 5.74) is -1.59. The average Bonchev–Trinajstić information content (AvgIpc) is 2.81. The van der Waals surface area contributed by atoms with E-state index in [0.717, 1.165) is 30.3 Å². The first-order valence-electron chi connectivity index (χ1n) is 5.72. The topological polar surface area (TPSA) is 54.9 Å². The third kappa shape index (κ3) is 2.36. The molecule has 4 nitrogen and oxygen atoms in total. The molecule has 1 aromatic heterocycles. The molecule has 18 heavy (non-hydrogen) atoms. The number of nitrogens with one attached hydrogen (secondary N) is 1. The predicted octanol–water partition coefficient (Wildman–Crippen LogP) is 2.00. The van der Waals surface area contributed by atoms with Crippen LogP contribution in [0.2, 0.25) is 5.15 Å². The molecular weight excluding hydrogens is 279 g/mol. The van der Waals surface area contributed by atoms with Crippen molar-refractivity contribution < 1.29 is 4.39 Å². The van der Waals surface area contributed by atoms with Gasteiger partial charge in [0.2, 0.25) is 5.82 Å². The molecule has 1 aliphatic carbocycles. The van der Waals surface area contributed by atoms with Crippen LogP contribution in [0.3, 0.4) is 0 Å². The van der Waals surface area contributed by atoms with E-state index in [2.05, 4.69) is 4.98 Å². The number of aromatic amines is 1. The smallest absolute Gasteiger partial charge is 0.295 e. The zero-order valence-corrected chi connectivity index (χ0v) is 11.5. The van der Waals surface area contributed by atoms with E-state index in [1.807, 2.05) is 6.26 Å². The molecule has 1 fully saturated rings. The van der Waals surface area contributed by atoms with E-state index in [-0.39, 0.29) is 11.3 Å². The highest BCUT2D eigenvalue weighted by atomic mass is 35.5. The second kappa shape index (κ2) is 5.09. The molecule has 1 aromatic rings. The lowest BCUT2D eigenvalue weighted by molar-refractivity contribution is 0.459. The summed E-state index contributed by atoms with van der Waals surface area (Å²) >= 11 is 7.06. The van der Waals surface area contributed by atoms with Gasteiger partial charge in [-0.15, -0.1) is 0 Å². The maximum Gasteiger partial charge on any atom is 0.329 e. The van der Waals surface area contributed by atoms with Crippen LogP contribution in [-0.4, -0.2) is 20.6 Å². The van der Waals surface area contributed by atoms with E-state index in [4.69, 9.17) is 11.6 Å². The molecular formula is C11H14ClFN2O2S. The van der Waals surface area contributed by atoms with Crippen LogP contribution in [-0.2, 0) is 6.54 Å². The Morgan fingerprint density at radius 2 is 2.06 bits per heavy atom. The van der Waals surface area contributed by atoms with E-state index in [1.54, 1.807) is 11.8 Å². The SMILES string of the molecule is CSC1(Cn2c(=O)[nH]c(Cl)c(F)c2=O)CCCC1. The van der Waals surface area contributed by atoms with E-state index >= 15 is 0 Å². The van der Waals surface area contributed by atoms with Crippen molar-refractivity contribution in [1.29, 1.82) is 0 Å². The molecule has 1 aliphatic rings. The van der Waals surface area contributed by atoms with Crippen LogP contribution >= 0.6 is 23.4 Å². The van der Waals surface area contributed by atoms with Gasteiger partial charge in [-0.05, 0) is 19.1 Å².